The molecule has 3 atom stereocenters. The number of hydrogen-bond acceptors (Lipinski definition) is 5. The predicted molar refractivity (Wildman–Crippen MR) is 113 cm³/mol. The first-order valence-corrected chi connectivity index (χ1v) is 9.95. The number of hydrogen-bond donors (Lipinski definition) is 1. The zero-order valence-electron chi connectivity index (χ0n) is 17.5. The van der Waals surface area contributed by atoms with E-state index < -0.39 is 5.41 Å². The summed E-state index contributed by atoms with van der Waals surface area (Å²) in [5, 5.41) is 3.55. The summed E-state index contributed by atoms with van der Waals surface area (Å²) >= 11 is 0. The number of carbonyl (C=O) groups is 2. The van der Waals surface area contributed by atoms with Gasteiger partial charge in [-0.2, -0.15) is 0 Å². The molecule has 1 aliphatic carbocycles. The van der Waals surface area contributed by atoms with E-state index in [1.807, 2.05) is 68.4 Å². The quantitative estimate of drug-likeness (QED) is 0.692. The molecule has 0 aromatic heterocycles. The Morgan fingerprint density at radius 3 is 2.38 bits per heavy atom. The smallest absolute Gasteiger partial charge is 0.311 e. The van der Waals surface area contributed by atoms with Crippen LogP contribution in [0.25, 0.3) is 0 Å². The molecule has 5 heteroatoms. The average molecular weight is 395 g/mol. The molecule has 1 N–H and O–H groups in total. The van der Waals surface area contributed by atoms with Gasteiger partial charge in [-0.3, -0.25) is 9.59 Å². The van der Waals surface area contributed by atoms with Crippen LogP contribution in [-0.2, 0) is 14.3 Å². The topological polar surface area (TPSA) is 64.6 Å². The summed E-state index contributed by atoms with van der Waals surface area (Å²) in [6.45, 7) is 3.75. The molecule has 0 aliphatic heterocycles. The van der Waals surface area contributed by atoms with E-state index in [2.05, 4.69) is 5.32 Å². The highest BCUT2D eigenvalue weighted by molar-refractivity contribution is 5.87. The van der Waals surface area contributed by atoms with Crippen LogP contribution in [0, 0.1) is 17.3 Å². The van der Waals surface area contributed by atoms with Gasteiger partial charge in [0.1, 0.15) is 11.5 Å². The molecule has 0 bridgehead atoms. The SMILES string of the molecule is COC(=O)C(C)(C)[C@H]1CCC(=O)[C@@H]1[C@H](Nc1ccccc1OC)c1ccccc1. The van der Waals surface area contributed by atoms with Crippen molar-refractivity contribution in [3.8, 4) is 5.75 Å². The summed E-state index contributed by atoms with van der Waals surface area (Å²) in [5.74, 6) is 0.114. The summed E-state index contributed by atoms with van der Waals surface area (Å²) in [7, 11) is 3.03. The molecule has 2 aromatic rings. The van der Waals surface area contributed by atoms with Gasteiger partial charge in [-0.1, -0.05) is 42.5 Å². The number of para-hydroxylation sites is 2. The number of Topliss-reactive ketones (excluding diaryl/α,β-unsaturated/α-hetero) is 1. The highest BCUT2D eigenvalue weighted by Gasteiger charge is 2.51. The van der Waals surface area contributed by atoms with Crippen molar-refractivity contribution in [1.82, 2.24) is 0 Å². The molecular weight excluding hydrogens is 366 g/mol. The number of ketones is 1. The lowest BCUT2D eigenvalue weighted by atomic mass is 9.70. The number of benzene rings is 2. The number of methoxy groups -OCH3 is 2. The lowest BCUT2D eigenvalue weighted by Gasteiger charge is -2.37. The van der Waals surface area contributed by atoms with Gasteiger partial charge in [-0.05, 0) is 43.9 Å². The molecule has 154 valence electrons. The standard InChI is InChI=1S/C24H29NO4/c1-24(2,23(27)29-4)17-14-15-19(26)21(17)22(16-10-6-5-7-11-16)25-18-12-8-9-13-20(18)28-3/h5-13,17,21-22,25H,14-15H2,1-4H3/t17-,21+,22+/m0/s1. The molecule has 0 amide bonds. The summed E-state index contributed by atoms with van der Waals surface area (Å²) in [5.41, 5.74) is 1.06. The van der Waals surface area contributed by atoms with Crippen molar-refractivity contribution < 1.29 is 19.1 Å². The van der Waals surface area contributed by atoms with Crippen LogP contribution >= 0.6 is 0 Å². The third kappa shape index (κ3) is 4.14. The van der Waals surface area contributed by atoms with Crippen molar-refractivity contribution in [2.75, 3.05) is 19.5 Å². The number of ether oxygens (including phenoxy) is 2. The second-order valence-electron chi connectivity index (χ2n) is 8.08. The fraction of sp³-hybridized carbons (Fsp3) is 0.417. The Bertz CT molecular complexity index is 862. The van der Waals surface area contributed by atoms with Crippen LogP contribution in [0.5, 0.6) is 5.75 Å². The number of rotatable bonds is 7. The van der Waals surface area contributed by atoms with E-state index in [9.17, 15) is 9.59 Å². The Morgan fingerprint density at radius 1 is 1.07 bits per heavy atom. The lowest BCUT2D eigenvalue weighted by Crippen LogP contribution is -2.40. The van der Waals surface area contributed by atoms with E-state index in [0.717, 1.165) is 11.3 Å². The maximum atomic E-state index is 13.1. The van der Waals surface area contributed by atoms with Gasteiger partial charge >= 0.3 is 5.97 Å². The van der Waals surface area contributed by atoms with Crippen molar-refractivity contribution in [2.24, 2.45) is 17.3 Å². The van der Waals surface area contributed by atoms with Gasteiger partial charge < -0.3 is 14.8 Å². The molecule has 0 heterocycles. The first kappa shape index (κ1) is 20.9. The van der Waals surface area contributed by atoms with Crippen molar-refractivity contribution in [3.05, 3.63) is 60.2 Å². The first-order valence-electron chi connectivity index (χ1n) is 9.95. The normalized spacial score (nSPS) is 20.2. The van der Waals surface area contributed by atoms with Crippen LogP contribution in [0.3, 0.4) is 0 Å². The van der Waals surface area contributed by atoms with Gasteiger partial charge in [-0.15, -0.1) is 0 Å². The molecule has 1 fully saturated rings. The van der Waals surface area contributed by atoms with Crippen LogP contribution in [0.1, 0.15) is 38.3 Å². The minimum absolute atomic E-state index is 0.130. The Kier molecular flexibility index (Phi) is 6.26. The van der Waals surface area contributed by atoms with E-state index in [-0.39, 0.29) is 29.6 Å². The zero-order chi connectivity index (χ0) is 21.0. The van der Waals surface area contributed by atoms with Crippen molar-refractivity contribution in [2.45, 2.75) is 32.7 Å². The largest absolute Gasteiger partial charge is 0.495 e. The van der Waals surface area contributed by atoms with Gasteiger partial charge in [0, 0.05) is 12.3 Å². The molecule has 1 saturated carbocycles. The van der Waals surface area contributed by atoms with Crippen molar-refractivity contribution in [1.29, 1.82) is 0 Å². The van der Waals surface area contributed by atoms with E-state index >= 15 is 0 Å². The zero-order valence-corrected chi connectivity index (χ0v) is 17.5. The summed E-state index contributed by atoms with van der Waals surface area (Å²) in [4.78, 5) is 25.6. The summed E-state index contributed by atoms with van der Waals surface area (Å²) in [6, 6.07) is 17.3. The van der Waals surface area contributed by atoms with Gasteiger partial charge in [0.05, 0.1) is 31.4 Å². The van der Waals surface area contributed by atoms with Gasteiger partial charge in [-0.25, -0.2) is 0 Å². The molecule has 2 aromatic carbocycles. The minimum Gasteiger partial charge on any atom is -0.495 e. The Hall–Kier alpha value is -2.82. The fourth-order valence-corrected chi connectivity index (χ4v) is 4.48. The van der Waals surface area contributed by atoms with E-state index in [1.54, 1.807) is 7.11 Å². The highest BCUT2D eigenvalue weighted by atomic mass is 16.5. The lowest BCUT2D eigenvalue weighted by molar-refractivity contribution is -0.155. The molecule has 5 nitrogen and oxygen atoms in total. The number of nitrogens with one attached hydrogen (secondary N) is 1. The predicted octanol–water partition coefficient (Wildman–Crippen LogP) is 4.64. The van der Waals surface area contributed by atoms with Crippen molar-refractivity contribution >= 4 is 17.4 Å². The molecular formula is C24H29NO4. The second-order valence-corrected chi connectivity index (χ2v) is 8.08. The third-order valence-corrected chi connectivity index (χ3v) is 6.08. The van der Waals surface area contributed by atoms with Crippen LogP contribution in [0.15, 0.2) is 54.6 Å². The van der Waals surface area contributed by atoms with Crippen molar-refractivity contribution in [3.63, 3.8) is 0 Å². The van der Waals surface area contributed by atoms with E-state index in [4.69, 9.17) is 9.47 Å². The summed E-state index contributed by atoms with van der Waals surface area (Å²) in [6.07, 6.45) is 1.13. The van der Waals surface area contributed by atoms with Gasteiger partial charge in [0.15, 0.2) is 0 Å². The van der Waals surface area contributed by atoms with E-state index in [0.29, 0.717) is 18.6 Å². The maximum absolute atomic E-state index is 13.1. The second kappa shape index (κ2) is 8.68. The van der Waals surface area contributed by atoms with Crippen LogP contribution in [0.2, 0.25) is 0 Å². The summed E-state index contributed by atoms with van der Waals surface area (Å²) < 4.78 is 10.6. The molecule has 0 radical (unpaired) electrons. The van der Waals surface area contributed by atoms with E-state index in [1.165, 1.54) is 7.11 Å². The monoisotopic (exact) mass is 395 g/mol. The molecule has 29 heavy (non-hydrogen) atoms. The Balaban J connectivity index is 2.05. The van der Waals surface area contributed by atoms with Gasteiger partial charge in [0.25, 0.3) is 0 Å². The van der Waals surface area contributed by atoms with Crippen LogP contribution in [-0.4, -0.2) is 26.0 Å². The number of carbonyl (C=O) groups excluding carboxylic acids is 2. The number of anilines is 1. The maximum Gasteiger partial charge on any atom is 0.311 e. The van der Waals surface area contributed by atoms with Crippen LogP contribution in [0.4, 0.5) is 5.69 Å². The molecule has 0 unspecified atom stereocenters. The van der Waals surface area contributed by atoms with Crippen LogP contribution < -0.4 is 10.1 Å². The molecule has 3 rings (SSSR count). The minimum atomic E-state index is -0.763. The first-order chi connectivity index (χ1) is 13.9. The molecule has 0 saturated heterocycles. The third-order valence-electron chi connectivity index (χ3n) is 6.08. The average Bonchev–Trinajstić information content (AvgIpc) is 3.14. The number of esters is 1. The fourth-order valence-electron chi connectivity index (χ4n) is 4.48. The Morgan fingerprint density at radius 2 is 1.72 bits per heavy atom. The highest BCUT2D eigenvalue weighted by Crippen LogP contribution is 2.49. The molecule has 1 aliphatic rings. The Labute approximate surface area is 172 Å². The van der Waals surface area contributed by atoms with Gasteiger partial charge in [0.2, 0.25) is 0 Å². The molecule has 0 spiro atoms.